The topological polar surface area (TPSA) is 318 Å². The summed E-state index contributed by atoms with van der Waals surface area (Å²) in [5, 5.41) is 8.12. The third kappa shape index (κ3) is 19.3. The van der Waals surface area contributed by atoms with Gasteiger partial charge in [0.1, 0.15) is 44.2 Å². The highest BCUT2D eigenvalue weighted by atomic mass is 35.5. The van der Waals surface area contributed by atoms with Crippen LogP contribution in [0, 0.1) is 53.3 Å². The molecule has 98 heavy (non-hydrogen) atoms. The number of ether oxygens (including phenoxy) is 16. The Balaban J connectivity index is 1.02. The maximum atomic E-state index is 14.0. The zero-order valence-corrected chi connectivity index (χ0v) is 61.5. The molecule has 0 bridgehead atoms. The zero-order valence-electron chi connectivity index (χ0n) is 59.9. The molecular weight excluding hydrogens is 1330 g/mol. The second kappa shape index (κ2) is 35.2. The maximum absolute atomic E-state index is 14.0. The molecule has 554 valence electrons. The van der Waals surface area contributed by atoms with Gasteiger partial charge in [0, 0.05) is 97.1 Å². The molecule has 0 N–H and O–H groups in total. The monoisotopic (exact) mass is 1430 g/mol. The van der Waals surface area contributed by atoms with E-state index in [1.165, 1.54) is 55.4 Å². The Labute approximate surface area is 584 Å². The molecule has 7 rings (SSSR count). The van der Waals surface area contributed by atoms with Crippen LogP contribution in [0.25, 0.3) is 0 Å². The summed E-state index contributed by atoms with van der Waals surface area (Å²) in [5.74, 6) is -9.60. The molecule has 30 heteroatoms. The molecule has 5 aliphatic heterocycles. The predicted octanol–water partition coefficient (Wildman–Crippen LogP) is 6.95. The van der Waals surface area contributed by atoms with E-state index < -0.39 is 181 Å². The Morgan fingerprint density at radius 1 is 0.571 bits per heavy atom. The molecular formula is C68H104Cl2N4O24. The largest absolute Gasteiger partial charge is 0.463 e. The van der Waals surface area contributed by atoms with Crippen LogP contribution in [0.4, 0.5) is 0 Å². The van der Waals surface area contributed by atoms with Crippen LogP contribution in [0.2, 0.25) is 0 Å². The lowest BCUT2D eigenvalue weighted by Gasteiger charge is -2.53. The molecule has 5 fully saturated rings. The molecule has 1 aromatic rings. The van der Waals surface area contributed by atoms with Crippen molar-refractivity contribution in [3.8, 4) is 0 Å². The molecule has 6 heterocycles. The average Bonchev–Trinajstić information content (AvgIpc) is 1.54. The third-order valence-electron chi connectivity index (χ3n) is 20.3. The number of alkyl halides is 2. The second-order valence-electron chi connectivity index (χ2n) is 27.5. The summed E-state index contributed by atoms with van der Waals surface area (Å²) < 4.78 is 102. The van der Waals surface area contributed by atoms with Crippen molar-refractivity contribution in [3.05, 3.63) is 23.5 Å². The van der Waals surface area contributed by atoms with Gasteiger partial charge in [-0.15, -0.1) is 28.3 Å². The van der Waals surface area contributed by atoms with Gasteiger partial charge >= 0.3 is 41.8 Å². The number of esters is 7. The van der Waals surface area contributed by atoms with Crippen molar-refractivity contribution in [1.29, 1.82) is 0 Å². The van der Waals surface area contributed by atoms with E-state index >= 15 is 0 Å². The van der Waals surface area contributed by atoms with Crippen molar-refractivity contribution in [1.82, 2.24) is 19.9 Å². The van der Waals surface area contributed by atoms with E-state index in [-0.39, 0.29) is 74.3 Å². The van der Waals surface area contributed by atoms with Crippen molar-refractivity contribution in [2.24, 2.45) is 53.3 Å². The lowest BCUT2D eigenvalue weighted by Crippen LogP contribution is -2.64. The van der Waals surface area contributed by atoms with Crippen molar-refractivity contribution in [2.45, 2.75) is 273 Å². The predicted molar refractivity (Wildman–Crippen MR) is 346 cm³/mol. The van der Waals surface area contributed by atoms with Gasteiger partial charge in [-0.05, 0) is 49.5 Å². The minimum absolute atomic E-state index is 0.0122. The molecule has 28 atom stereocenters. The molecule has 5 saturated heterocycles. The Hall–Kier alpha value is -5.14. The van der Waals surface area contributed by atoms with Crippen molar-refractivity contribution in [2.75, 3.05) is 32.3 Å². The number of hydrogen-bond donors (Lipinski definition) is 0. The summed E-state index contributed by atoms with van der Waals surface area (Å²) in [7, 11) is 0. The Kier molecular flexibility index (Phi) is 28.8. The minimum Gasteiger partial charge on any atom is -0.463 e. The number of hydrogen-bond acceptors (Lipinski definition) is 26. The molecule has 0 saturated carbocycles. The van der Waals surface area contributed by atoms with Gasteiger partial charge in [-0.1, -0.05) is 80.5 Å². The van der Waals surface area contributed by atoms with Gasteiger partial charge in [0.2, 0.25) is 11.7 Å². The smallest absolute Gasteiger partial charge is 0.303 e. The van der Waals surface area contributed by atoms with E-state index in [0.29, 0.717) is 25.0 Å². The molecule has 28 nitrogen and oxygen atoms in total. The van der Waals surface area contributed by atoms with Crippen LogP contribution in [0.1, 0.15) is 150 Å². The fourth-order valence-electron chi connectivity index (χ4n) is 14.5. The van der Waals surface area contributed by atoms with E-state index in [1.54, 1.807) is 29.6 Å². The summed E-state index contributed by atoms with van der Waals surface area (Å²) >= 11 is 13.4. The summed E-state index contributed by atoms with van der Waals surface area (Å²) in [6, 6.07) is -1.27. The lowest BCUT2D eigenvalue weighted by atomic mass is 9.74. The van der Waals surface area contributed by atoms with Crippen LogP contribution in [-0.4, -0.2) is 215 Å². The van der Waals surface area contributed by atoms with Gasteiger partial charge in [0.15, 0.2) is 37.4 Å². The molecule has 1 amide bonds. The minimum atomic E-state index is -1.69. The van der Waals surface area contributed by atoms with E-state index in [1.807, 2.05) is 68.4 Å². The number of aromatic nitrogens is 3. The highest BCUT2D eigenvalue weighted by molar-refractivity contribution is 6.21. The van der Waals surface area contributed by atoms with Crippen LogP contribution in [-0.2, 0) is 127 Å². The number of rotatable bonds is 27. The fraction of sp³-hybridized carbons (Fsp3) is 0.824. The highest BCUT2D eigenvalue weighted by Crippen LogP contribution is 2.47. The Morgan fingerprint density at radius 3 is 1.67 bits per heavy atom. The molecule has 6 unspecified atom stereocenters. The number of carbonyl (C=O) groups is 8. The molecule has 1 aromatic heterocycles. The number of carbonyl (C=O) groups excluding carboxylic acids is 8. The van der Waals surface area contributed by atoms with Crippen LogP contribution < -0.4 is 0 Å². The van der Waals surface area contributed by atoms with E-state index in [0.717, 1.165) is 5.57 Å². The van der Waals surface area contributed by atoms with Crippen LogP contribution in [0.5, 0.6) is 0 Å². The van der Waals surface area contributed by atoms with Gasteiger partial charge in [0.05, 0.1) is 72.7 Å². The highest BCUT2D eigenvalue weighted by Gasteiger charge is 2.60. The Morgan fingerprint density at radius 2 is 1.11 bits per heavy atom. The average molecular weight is 1430 g/mol. The van der Waals surface area contributed by atoms with Gasteiger partial charge < -0.3 is 80.7 Å². The van der Waals surface area contributed by atoms with Crippen molar-refractivity contribution >= 4 is 70.9 Å². The van der Waals surface area contributed by atoms with Crippen LogP contribution in [0.15, 0.2) is 17.8 Å². The van der Waals surface area contributed by atoms with Crippen LogP contribution in [0.3, 0.4) is 0 Å². The van der Waals surface area contributed by atoms with E-state index in [2.05, 4.69) is 10.3 Å². The van der Waals surface area contributed by atoms with Crippen LogP contribution >= 0.6 is 23.2 Å². The van der Waals surface area contributed by atoms with Crippen molar-refractivity contribution in [3.63, 3.8) is 0 Å². The number of aryl methyl sites for hydroxylation is 1. The first-order chi connectivity index (χ1) is 46.1. The summed E-state index contributed by atoms with van der Waals surface area (Å²) in [6.07, 6.45) is -8.11. The number of halogens is 2. The summed E-state index contributed by atoms with van der Waals surface area (Å²) in [4.78, 5) is 103. The Bertz CT molecular complexity index is 2940. The normalized spacial score (nSPS) is 38.7. The quantitative estimate of drug-likeness (QED) is 0.0283. The van der Waals surface area contributed by atoms with Crippen molar-refractivity contribution < 1.29 is 114 Å². The van der Waals surface area contributed by atoms with Gasteiger partial charge in [-0.25, -0.2) is 4.68 Å². The fourth-order valence-corrected chi connectivity index (χ4v) is 15.3. The first kappa shape index (κ1) is 80.2. The molecule has 1 aliphatic carbocycles. The molecule has 6 aliphatic rings. The van der Waals surface area contributed by atoms with Gasteiger partial charge in [-0.2, -0.15) is 0 Å². The first-order valence-electron chi connectivity index (χ1n) is 34.2. The number of nitrogens with zero attached hydrogens (tertiary/aromatic N) is 4. The summed E-state index contributed by atoms with van der Waals surface area (Å²) in [5.41, 5.74) is 1.39. The number of amides is 1. The van der Waals surface area contributed by atoms with Gasteiger partial charge in [-0.3, -0.25) is 38.4 Å². The first-order valence-corrected chi connectivity index (χ1v) is 35.2. The summed E-state index contributed by atoms with van der Waals surface area (Å²) in [6.45, 7) is 31.2. The second-order valence-corrected chi connectivity index (χ2v) is 28.2. The lowest BCUT2D eigenvalue weighted by molar-refractivity contribution is -0.355. The SMILES string of the molecule is CC[C@H]1O[C@H](O[C@]2(CCl)O[C@H](Cn3cc(CCCO[C@@H]4OC(COC(C)=O)[C@@H](O[C@H]5OC(COC(C)=O)[C@@H](O[C@H]6OC(C)[C@@H](N(C(C)=O)[C@H]7C=C(COC(C)=O)[C@@H](C)[C@H](C)[C@H]7OC(C)=O)[C@H](C)C6C)[C@H](C)C5C)[C@H](C)C4OC(C)=O)nn3)[C@@H](C)[C@@H]2OC(C)=O)[C@H](C)[C@@H](OC(C)=O)[C@H]1Cl. The molecule has 0 radical (unpaired) electrons. The van der Waals surface area contributed by atoms with E-state index in [4.69, 9.17) is 99.0 Å². The third-order valence-corrected chi connectivity index (χ3v) is 21.2. The standard InChI is InChI=1S/C68H104Cl2N4O24/c1-20-52-56(70)61(89-46(17)80)39(10)66(92-52)98-68(30-69)63(91-48(19)82)37(8)53(97-68)26-73-25-50(71-72-73)22-21-23-83-67-62(90-47(18)81)38(9)60(55(94-67)29-86-44(15)78)96-65-36(7)34(5)59(54(93-65)28-85-43(14)77)95-64-35(6)32(3)57(40(11)87-64)74(41(12)75)51-24-49(27-84-42(13)76)31(2)33(4)58(51)88-45(16)79/h24-25,31-40,51-67H,20-23,26-30H2,1-19H3/t31-,32+,33-,34+,35?,36?,37+,38-,39+,40?,51-,52+,53+,54?,55?,56-,57-,58+,59-,60-,61+,62?,63-,64+,65+,66+,67+,68-/m0/s1. The zero-order chi connectivity index (χ0) is 72.5. The van der Waals surface area contributed by atoms with E-state index in [9.17, 15) is 38.4 Å². The molecule has 0 spiro atoms. The van der Waals surface area contributed by atoms with Gasteiger partial charge in [0.25, 0.3) is 0 Å². The molecule has 0 aromatic carbocycles. The maximum Gasteiger partial charge on any atom is 0.303 e.